The van der Waals surface area contributed by atoms with Crippen molar-refractivity contribution in [2.24, 2.45) is 5.92 Å². The van der Waals surface area contributed by atoms with Gasteiger partial charge in [-0.2, -0.15) is 13.2 Å². The molecular weight excluding hydrogens is 409 g/mol. The van der Waals surface area contributed by atoms with Gasteiger partial charge in [0.25, 0.3) is 0 Å². The first-order valence-electron chi connectivity index (χ1n) is 10.5. The minimum atomic E-state index is -4.51. The largest absolute Gasteiger partial charge is 0.420 e. The number of aromatic nitrogens is 3. The van der Waals surface area contributed by atoms with Crippen molar-refractivity contribution in [3.8, 4) is 0 Å². The van der Waals surface area contributed by atoms with Crippen molar-refractivity contribution in [2.45, 2.75) is 32.0 Å². The first kappa shape index (κ1) is 20.2. The second-order valence-corrected chi connectivity index (χ2v) is 8.41. The fraction of sp³-hybridized carbons (Fsp3) is 0.455. The Morgan fingerprint density at radius 1 is 1.00 bits per heavy atom. The van der Waals surface area contributed by atoms with Crippen LogP contribution in [0.1, 0.15) is 29.8 Å². The molecule has 3 heterocycles. The number of anilines is 1. The molecule has 5 rings (SSSR count). The number of nitrogens with zero attached hydrogens (tertiary/aromatic N) is 5. The number of rotatable bonds is 5. The predicted octanol–water partition coefficient (Wildman–Crippen LogP) is 4.16. The van der Waals surface area contributed by atoms with E-state index in [4.69, 9.17) is 0 Å². The van der Waals surface area contributed by atoms with Crippen LogP contribution in [0.3, 0.4) is 0 Å². The van der Waals surface area contributed by atoms with Gasteiger partial charge in [-0.05, 0) is 48.6 Å². The Morgan fingerprint density at radius 3 is 2.45 bits per heavy atom. The normalized spacial score (nSPS) is 18.1. The molecule has 164 valence electrons. The molecule has 31 heavy (non-hydrogen) atoms. The van der Waals surface area contributed by atoms with E-state index in [-0.39, 0.29) is 23.6 Å². The number of pyridine rings is 1. The Hall–Kier alpha value is -2.68. The minimum absolute atomic E-state index is 0.112. The molecule has 1 saturated carbocycles. The molecule has 0 radical (unpaired) electrons. The summed E-state index contributed by atoms with van der Waals surface area (Å²) < 4.78 is 57.0. The SMILES string of the molecule is FC(F)(F)c1c(CN2CCN(c3cccc([18F])c3)CC2)ccn2c(CC3CC3)nnc12. The molecule has 2 aliphatic rings. The van der Waals surface area contributed by atoms with E-state index in [1.54, 1.807) is 18.3 Å². The number of benzene rings is 1. The van der Waals surface area contributed by atoms with Crippen LogP contribution in [0.5, 0.6) is 0 Å². The fourth-order valence-corrected chi connectivity index (χ4v) is 4.28. The Labute approximate surface area is 177 Å². The zero-order chi connectivity index (χ0) is 21.6. The quantitative estimate of drug-likeness (QED) is 0.568. The van der Waals surface area contributed by atoms with E-state index in [9.17, 15) is 17.6 Å². The van der Waals surface area contributed by atoms with Gasteiger partial charge in [0.15, 0.2) is 5.65 Å². The van der Waals surface area contributed by atoms with Crippen molar-refractivity contribution < 1.29 is 17.6 Å². The van der Waals surface area contributed by atoms with Gasteiger partial charge in [0.2, 0.25) is 0 Å². The number of hydrogen-bond acceptors (Lipinski definition) is 4. The summed E-state index contributed by atoms with van der Waals surface area (Å²) in [6, 6.07) is 7.94. The molecule has 2 aromatic heterocycles. The van der Waals surface area contributed by atoms with Crippen molar-refractivity contribution in [3.63, 3.8) is 0 Å². The summed E-state index contributed by atoms with van der Waals surface area (Å²) in [6.07, 6.45) is 0.0209. The molecule has 1 saturated heterocycles. The molecule has 0 unspecified atom stereocenters. The standard InChI is InChI=1S/C22H23F4N5/c23-17-2-1-3-18(13-17)30-10-8-29(9-11-30)14-16-6-7-31-19(12-15-4-5-15)27-28-21(31)20(16)22(24,25)26/h1-3,6-7,13,15H,4-5,8-12,14H2/i23-1. The lowest BCUT2D eigenvalue weighted by Gasteiger charge is -2.36. The Bertz CT molecular complexity index is 1080. The van der Waals surface area contributed by atoms with Crippen LogP contribution in [0.25, 0.3) is 5.65 Å². The highest BCUT2D eigenvalue weighted by Crippen LogP contribution is 2.37. The van der Waals surface area contributed by atoms with E-state index in [2.05, 4.69) is 15.1 Å². The van der Waals surface area contributed by atoms with Crippen LogP contribution in [0.2, 0.25) is 0 Å². The van der Waals surface area contributed by atoms with Gasteiger partial charge in [-0.15, -0.1) is 10.2 Å². The van der Waals surface area contributed by atoms with Gasteiger partial charge in [-0.3, -0.25) is 9.30 Å². The molecular formula is C22H23F4N5. The third kappa shape index (κ3) is 4.23. The molecule has 0 N–H and O–H groups in total. The van der Waals surface area contributed by atoms with E-state index < -0.39 is 11.7 Å². The number of fused-ring (bicyclic) bond motifs is 1. The van der Waals surface area contributed by atoms with Crippen LogP contribution in [-0.4, -0.2) is 45.7 Å². The smallest absolute Gasteiger partial charge is 0.369 e. The topological polar surface area (TPSA) is 36.7 Å². The summed E-state index contributed by atoms with van der Waals surface area (Å²) in [7, 11) is 0. The maximum atomic E-state index is 14.0. The minimum Gasteiger partial charge on any atom is -0.369 e. The van der Waals surface area contributed by atoms with Gasteiger partial charge in [-0.25, -0.2) is 4.39 Å². The van der Waals surface area contributed by atoms with Crippen molar-refractivity contribution >= 4 is 11.3 Å². The van der Waals surface area contributed by atoms with Crippen LogP contribution in [0, 0.1) is 11.7 Å². The van der Waals surface area contributed by atoms with E-state index >= 15 is 0 Å². The Morgan fingerprint density at radius 2 is 1.77 bits per heavy atom. The Balaban J connectivity index is 1.35. The molecule has 2 fully saturated rings. The average Bonchev–Trinajstić information content (AvgIpc) is 3.46. The van der Waals surface area contributed by atoms with Crippen LogP contribution >= 0.6 is 0 Å². The monoisotopic (exact) mass is 432 g/mol. The van der Waals surface area contributed by atoms with Crippen molar-refractivity contribution in [3.05, 3.63) is 59.3 Å². The maximum Gasteiger partial charge on any atom is 0.420 e. The van der Waals surface area contributed by atoms with Crippen molar-refractivity contribution in [1.82, 2.24) is 19.5 Å². The summed E-state index contributed by atoms with van der Waals surface area (Å²) in [5, 5.41) is 7.96. The highest BCUT2D eigenvalue weighted by atomic mass is 19.4. The highest BCUT2D eigenvalue weighted by Gasteiger charge is 2.38. The van der Waals surface area contributed by atoms with Gasteiger partial charge in [0.05, 0.1) is 0 Å². The number of halogens is 4. The van der Waals surface area contributed by atoms with E-state index in [1.165, 1.54) is 16.5 Å². The van der Waals surface area contributed by atoms with Gasteiger partial charge in [0, 0.05) is 51.0 Å². The molecule has 1 aromatic carbocycles. The molecule has 9 heteroatoms. The van der Waals surface area contributed by atoms with Gasteiger partial charge in [0.1, 0.15) is 17.2 Å². The first-order chi connectivity index (χ1) is 14.9. The average molecular weight is 432 g/mol. The zero-order valence-electron chi connectivity index (χ0n) is 16.9. The molecule has 5 nitrogen and oxygen atoms in total. The second-order valence-electron chi connectivity index (χ2n) is 8.41. The molecule has 0 amide bonds. The molecule has 0 spiro atoms. The zero-order valence-corrected chi connectivity index (χ0v) is 16.9. The molecule has 3 aromatic rings. The van der Waals surface area contributed by atoms with E-state index in [1.807, 2.05) is 11.0 Å². The van der Waals surface area contributed by atoms with Crippen LogP contribution < -0.4 is 4.90 Å². The predicted molar refractivity (Wildman–Crippen MR) is 108 cm³/mol. The summed E-state index contributed by atoms with van der Waals surface area (Å²) in [6.45, 7) is 2.64. The summed E-state index contributed by atoms with van der Waals surface area (Å²) in [5.74, 6) is 0.812. The fourth-order valence-electron chi connectivity index (χ4n) is 4.28. The van der Waals surface area contributed by atoms with Gasteiger partial charge in [-0.1, -0.05) is 6.07 Å². The van der Waals surface area contributed by atoms with Crippen molar-refractivity contribution in [2.75, 3.05) is 31.1 Å². The molecule has 1 aliphatic heterocycles. The van der Waals surface area contributed by atoms with Crippen LogP contribution in [-0.2, 0) is 19.1 Å². The lowest BCUT2D eigenvalue weighted by molar-refractivity contribution is -0.137. The van der Waals surface area contributed by atoms with Gasteiger partial charge >= 0.3 is 6.18 Å². The van der Waals surface area contributed by atoms with Gasteiger partial charge < -0.3 is 4.90 Å². The molecule has 1 aliphatic carbocycles. The second kappa shape index (κ2) is 7.78. The highest BCUT2D eigenvalue weighted by molar-refractivity contribution is 5.54. The lowest BCUT2D eigenvalue weighted by Crippen LogP contribution is -2.46. The van der Waals surface area contributed by atoms with Crippen LogP contribution in [0.4, 0.5) is 23.2 Å². The van der Waals surface area contributed by atoms with E-state index in [0.717, 1.165) is 18.5 Å². The first-order valence-corrected chi connectivity index (χ1v) is 10.5. The third-order valence-corrected chi connectivity index (χ3v) is 6.13. The van der Waals surface area contributed by atoms with Crippen molar-refractivity contribution in [1.29, 1.82) is 0 Å². The number of piperazine rings is 1. The Kier molecular flexibility index (Phi) is 5.08. The number of hydrogen-bond donors (Lipinski definition) is 0. The maximum absolute atomic E-state index is 14.0. The summed E-state index contributed by atoms with van der Waals surface area (Å²) >= 11 is 0. The molecule has 0 bridgehead atoms. The molecule has 0 atom stereocenters. The van der Waals surface area contributed by atoms with E-state index in [0.29, 0.717) is 44.3 Å². The van der Waals surface area contributed by atoms with Crippen LogP contribution in [0.15, 0.2) is 36.5 Å². The third-order valence-electron chi connectivity index (χ3n) is 6.13. The summed E-state index contributed by atoms with van der Waals surface area (Å²) in [5.41, 5.74) is 0.199. The summed E-state index contributed by atoms with van der Waals surface area (Å²) in [4.78, 5) is 4.05. The number of alkyl halides is 3. The lowest BCUT2D eigenvalue weighted by atomic mass is 10.1.